The number of nitrogens with zero attached hydrogens (tertiary/aromatic N) is 1. The van der Waals surface area contributed by atoms with Crippen LogP contribution < -0.4 is 5.73 Å². The van der Waals surface area contributed by atoms with Gasteiger partial charge >= 0.3 is 5.97 Å². The summed E-state index contributed by atoms with van der Waals surface area (Å²) in [6, 6.07) is 3.39. The number of pyridine rings is 1. The van der Waals surface area contributed by atoms with Crippen LogP contribution in [0.15, 0.2) is 18.3 Å². The van der Waals surface area contributed by atoms with Crippen LogP contribution in [-0.4, -0.2) is 17.1 Å². The molecule has 0 aromatic carbocycles. The molecule has 1 aliphatic rings. The van der Waals surface area contributed by atoms with Crippen LogP contribution in [0.3, 0.4) is 0 Å². The Kier molecular flexibility index (Phi) is 4.63. The first-order valence-corrected chi connectivity index (χ1v) is 7.40. The topological polar surface area (TPSA) is 65.2 Å². The minimum absolute atomic E-state index is 0.0207. The molecule has 0 saturated heterocycles. The van der Waals surface area contributed by atoms with Crippen molar-refractivity contribution in [2.45, 2.75) is 46.1 Å². The maximum absolute atomic E-state index is 12.2. The summed E-state index contributed by atoms with van der Waals surface area (Å²) in [6.45, 7) is 6.60. The molecule has 110 valence electrons. The lowest BCUT2D eigenvalue weighted by atomic mass is 9.75. The molecule has 4 nitrogen and oxygen atoms in total. The highest BCUT2D eigenvalue weighted by Crippen LogP contribution is 2.35. The zero-order chi connectivity index (χ0) is 14.7. The summed E-state index contributed by atoms with van der Waals surface area (Å²) < 4.78 is 5.72. The molecule has 2 rings (SSSR count). The second-order valence-electron chi connectivity index (χ2n) is 6.21. The number of hydrogen-bond donors (Lipinski definition) is 1. The molecular weight excluding hydrogens is 252 g/mol. The molecule has 1 fully saturated rings. The molecule has 1 heterocycles. The normalized spacial score (nSPS) is 26.5. The van der Waals surface area contributed by atoms with Crippen molar-refractivity contribution in [2.24, 2.45) is 17.8 Å². The van der Waals surface area contributed by atoms with Crippen LogP contribution >= 0.6 is 0 Å². The molecule has 1 aromatic rings. The fourth-order valence-electron chi connectivity index (χ4n) is 3.03. The number of hydrogen-bond acceptors (Lipinski definition) is 4. The van der Waals surface area contributed by atoms with E-state index in [1.165, 1.54) is 6.42 Å². The summed E-state index contributed by atoms with van der Waals surface area (Å²) in [5.41, 5.74) is 6.39. The van der Waals surface area contributed by atoms with Crippen LogP contribution in [0.1, 0.15) is 50.5 Å². The van der Waals surface area contributed by atoms with Crippen molar-refractivity contribution in [1.29, 1.82) is 0 Å². The number of carbonyl (C=O) groups is 1. The number of esters is 1. The van der Waals surface area contributed by atoms with Gasteiger partial charge in [-0.15, -0.1) is 0 Å². The average molecular weight is 276 g/mol. The summed E-state index contributed by atoms with van der Waals surface area (Å²) >= 11 is 0. The van der Waals surface area contributed by atoms with E-state index >= 15 is 0 Å². The van der Waals surface area contributed by atoms with Crippen LogP contribution in [0.2, 0.25) is 0 Å². The molecule has 0 aliphatic heterocycles. The van der Waals surface area contributed by atoms with Crippen LogP contribution in [0.4, 0.5) is 5.69 Å². The fourth-order valence-corrected chi connectivity index (χ4v) is 3.03. The average Bonchev–Trinajstić information content (AvgIpc) is 2.38. The van der Waals surface area contributed by atoms with Gasteiger partial charge in [0.15, 0.2) is 5.69 Å². The first-order valence-electron chi connectivity index (χ1n) is 7.40. The van der Waals surface area contributed by atoms with E-state index in [1.54, 1.807) is 18.3 Å². The second kappa shape index (κ2) is 6.25. The number of nitrogens with two attached hydrogens (primary N) is 1. The van der Waals surface area contributed by atoms with Gasteiger partial charge in [0.2, 0.25) is 0 Å². The third-order valence-corrected chi connectivity index (χ3v) is 4.25. The molecule has 3 atom stereocenters. The zero-order valence-electron chi connectivity index (χ0n) is 12.5. The third kappa shape index (κ3) is 3.30. The number of anilines is 1. The van der Waals surface area contributed by atoms with Crippen molar-refractivity contribution in [3.8, 4) is 0 Å². The highest BCUT2D eigenvalue weighted by molar-refractivity contribution is 5.92. The number of nitrogen functional groups attached to an aromatic ring is 1. The maximum Gasteiger partial charge on any atom is 0.359 e. The zero-order valence-corrected chi connectivity index (χ0v) is 12.5. The van der Waals surface area contributed by atoms with Crippen molar-refractivity contribution in [3.05, 3.63) is 24.0 Å². The summed E-state index contributed by atoms with van der Waals surface area (Å²) in [5.74, 6) is 1.15. The minimum Gasteiger partial charge on any atom is -0.457 e. The van der Waals surface area contributed by atoms with E-state index < -0.39 is 5.97 Å². The quantitative estimate of drug-likeness (QED) is 0.860. The first kappa shape index (κ1) is 14.8. The van der Waals surface area contributed by atoms with Gasteiger partial charge in [0, 0.05) is 6.20 Å². The minimum atomic E-state index is -0.396. The largest absolute Gasteiger partial charge is 0.457 e. The van der Waals surface area contributed by atoms with Crippen molar-refractivity contribution in [2.75, 3.05) is 5.73 Å². The Balaban J connectivity index is 2.10. The lowest BCUT2D eigenvalue weighted by Crippen LogP contribution is -2.36. The van der Waals surface area contributed by atoms with Gasteiger partial charge in [-0.1, -0.05) is 27.2 Å². The lowest BCUT2D eigenvalue weighted by molar-refractivity contribution is -0.0178. The molecule has 3 unspecified atom stereocenters. The Morgan fingerprint density at radius 3 is 2.85 bits per heavy atom. The van der Waals surface area contributed by atoms with Gasteiger partial charge in [-0.2, -0.15) is 0 Å². The molecule has 20 heavy (non-hydrogen) atoms. The molecule has 2 N–H and O–H groups in total. The summed E-state index contributed by atoms with van der Waals surface area (Å²) in [5, 5.41) is 0. The fraction of sp³-hybridized carbons (Fsp3) is 0.625. The van der Waals surface area contributed by atoms with Gasteiger partial charge in [0.25, 0.3) is 0 Å². The van der Waals surface area contributed by atoms with E-state index in [0.717, 1.165) is 12.8 Å². The van der Waals surface area contributed by atoms with Crippen LogP contribution in [0.5, 0.6) is 0 Å². The lowest BCUT2D eigenvalue weighted by Gasteiger charge is -2.36. The van der Waals surface area contributed by atoms with E-state index in [4.69, 9.17) is 10.5 Å². The Labute approximate surface area is 120 Å². The van der Waals surface area contributed by atoms with E-state index in [1.807, 2.05) is 0 Å². The second-order valence-corrected chi connectivity index (χ2v) is 6.21. The summed E-state index contributed by atoms with van der Waals surface area (Å²) in [6.07, 6.45) is 4.81. The summed E-state index contributed by atoms with van der Waals surface area (Å²) in [7, 11) is 0. The molecule has 1 aliphatic carbocycles. The Morgan fingerprint density at radius 2 is 2.20 bits per heavy atom. The SMILES string of the molecule is CC1CCC(C(C)C)C(OC(=O)c2ncccc2N)C1. The van der Waals surface area contributed by atoms with E-state index in [2.05, 4.69) is 25.8 Å². The van der Waals surface area contributed by atoms with Crippen molar-refractivity contribution in [3.63, 3.8) is 0 Å². The monoisotopic (exact) mass is 276 g/mol. The Hall–Kier alpha value is -1.58. The number of rotatable bonds is 3. The van der Waals surface area contributed by atoms with Crippen molar-refractivity contribution < 1.29 is 9.53 Å². The van der Waals surface area contributed by atoms with Gasteiger partial charge in [0.05, 0.1) is 5.69 Å². The van der Waals surface area contributed by atoms with Crippen LogP contribution in [-0.2, 0) is 4.74 Å². The smallest absolute Gasteiger partial charge is 0.359 e. The van der Waals surface area contributed by atoms with Crippen molar-refractivity contribution >= 4 is 11.7 Å². The molecule has 1 aromatic heterocycles. The number of ether oxygens (including phenoxy) is 1. The highest BCUT2D eigenvalue weighted by Gasteiger charge is 2.34. The third-order valence-electron chi connectivity index (χ3n) is 4.25. The number of aromatic nitrogens is 1. The molecular formula is C16H24N2O2. The van der Waals surface area contributed by atoms with E-state index in [-0.39, 0.29) is 11.8 Å². The van der Waals surface area contributed by atoms with E-state index in [9.17, 15) is 4.79 Å². The van der Waals surface area contributed by atoms with Crippen molar-refractivity contribution in [1.82, 2.24) is 4.98 Å². The standard InChI is InChI=1S/C16H24N2O2/c1-10(2)12-7-6-11(3)9-14(12)20-16(19)15-13(17)5-4-8-18-15/h4-5,8,10-12,14H,6-7,9,17H2,1-3H3. The van der Waals surface area contributed by atoms with Gasteiger partial charge in [0.1, 0.15) is 6.10 Å². The predicted octanol–water partition coefficient (Wildman–Crippen LogP) is 3.28. The van der Waals surface area contributed by atoms with Gasteiger partial charge in [-0.05, 0) is 42.7 Å². The Bertz CT molecular complexity index is 473. The first-order chi connectivity index (χ1) is 9.49. The van der Waals surface area contributed by atoms with Gasteiger partial charge in [-0.3, -0.25) is 0 Å². The molecule has 0 amide bonds. The Morgan fingerprint density at radius 1 is 1.45 bits per heavy atom. The molecule has 1 saturated carbocycles. The van der Waals surface area contributed by atoms with Crippen LogP contribution in [0.25, 0.3) is 0 Å². The summed E-state index contributed by atoms with van der Waals surface area (Å²) in [4.78, 5) is 16.3. The molecule has 0 spiro atoms. The van der Waals surface area contributed by atoms with Gasteiger partial charge in [-0.25, -0.2) is 9.78 Å². The van der Waals surface area contributed by atoms with Gasteiger partial charge < -0.3 is 10.5 Å². The molecule has 0 bridgehead atoms. The van der Waals surface area contributed by atoms with Crippen LogP contribution in [0, 0.1) is 17.8 Å². The predicted molar refractivity (Wildman–Crippen MR) is 79.2 cm³/mol. The molecule has 0 radical (unpaired) electrons. The number of carbonyl (C=O) groups excluding carboxylic acids is 1. The molecule has 4 heteroatoms. The van der Waals surface area contributed by atoms with E-state index in [0.29, 0.717) is 23.4 Å². The maximum atomic E-state index is 12.2. The highest BCUT2D eigenvalue weighted by atomic mass is 16.5.